The summed E-state index contributed by atoms with van der Waals surface area (Å²) < 4.78 is 32.2. The van der Waals surface area contributed by atoms with Crippen molar-refractivity contribution < 1.29 is 12.9 Å². The van der Waals surface area contributed by atoms with Crippen LogP contribution in [0.4, 0.5) is 0 Å². The second kappa shape index (κ2) is 5.72. The largest absolute Gasteiger partial charge is 0.339 e. The number of hydrogen-bond acceptors (Lipinski definition) is 5. The number of sulfonamides is 1. The minimum atomic E-state index is -3.46. The molecule has 1 aliphatic rings. The van der Waals surface area contributed by atoms with E-state index in [0.29, 0.717) is 29.7 Å². The topological polar surface area (TPSA) is 76.3 Å². The van der Waals surface area contributed by atoms with Gasteiger partial charge in [-0.2, -0.15) is 9.29 Å². The molecular weight excluding hydrogens is 314 g/mol. The highest BCUT2D eigenvalue weighted by Crippen LogP contribution is 2.32. The predicted molar refractivity (Wildman–Crippen MR) is 85.8 cm³/mol. The second-order valence-corrected chi connectivity index (χ2v) is 8.34. The van der Waals surface area contributed by atoms with E-state index >= 15 is 0 Å². The molecule has 124 valence electrons. The fraction of sp³-hybridized carbons (Fsp3) is 0.500. The zero-order valence-electron chi connectivity index (χ0n) is 13.8. The van der Waals surface area contributed by atoms with Crippen LogP contribution in [-0.2, 0) is 10.0 Å². The van der Waals surface area contributed by atoms with Gasteiger partial charge in [0.05, 0.1) is 10.8 Å². The van der Waals surface area contributed by atoms with Crippen LogP contribution in [0.2, 0.25) is 0 Å². The molecule has 0 bridgehead atoms. The minimum absolute atomic E-state index is 0.0186. The van der Waals surface area contributed by atoms with Crippen molar-refractivity contribution in [2.24, 2.45) is 0 Å². The highest BCUT2D eigenvalue weighted by Gasteiger charge is 2.40. The third kappa shape index (κ3) is 2.90. The van der Waals surface area contributed by atoms with E-state index in [2.05, 4.69) is 10.1 Å². The molecule has 1 fully saturated rings. The molecule has 1 aromatic carbocycles. The standard InChI is InChI=1S/C16H21N3O3S/c1-10(2)15-17-16(22-18-15)13-8-19(9-13)23(20,21)14-7-11(3)5-6-12(14)4/h5-7,10,13H,8-9H2,1-4H3. The van der Waals surface area contributed by atoms with Crippen molar-refractivity contribution in [3.05, 3.63) is 41.0 Å². The summed E-state index contributed by atoms with van der Waals surface area (Å²) in [4.78, 5) is 4.73. The van der Waals surface area contributed by atoms with Gasteiger partial charge in [0, 0.05) is 19.0 Å². The molecule has 0 radical (unpaired) electrons. The van der Waals surface area contributed by atoms with Gasteiger partial charge >= 0.3 is 0 Å². The lowest BCUT2D eigenvalue weighted by Crippen LogP contribution is -2.48. The van der Waals surface area contributed by atoms with Gasteiger partial charge in [0.1, 0.15) is 0 Å². The molecule has 7 heteroatoms. The van der Waals surface area contributed by atoms with Crippen LogP contribution in [0.5, 0.6) is 0 Å². The van der Waals surface area contributed by atoms with E-state index in [9.17, 15) is 8.42 Å². The summed E-state index contributed by atoms with van der Waals surface area (Å²) >= 11 is 0. The Bertz CT molecular complexity index is 821. The lowest BCUT2D eigenvalue weighted by molar-refractivity contribution is 0.216. The van der Waals surface area contributed by atoms with Crippen molar-refractivity contribution in [1.82, 2.24) is 14.4 Å². The Morgan fingerprint density at radius 3 is 2.57 bits per heavy atom. The predicted octanol–water partition coefficient (Wildman–Crippen LogP) is 2.60. The number of rotatable bonds is 4. The average Bonchev–Trinajstić information content (AvgIpc) is 2.89. The third-order valence-corrected chi connectivity index (χ3v) is 6.11. The Kier molecular flexibility index (Phi) is 4.01. The van der Waals surface area contributed by atoms with Gasteiger partial charge in [-0.1, -0.05) is 31.1 Å². The van der Waals surface area contributed by atoms with Gasteiger partial charge in [0.2, 0.25) is 15.9 Å². The van der Waals surface area contributed by atoms with E-state index < -0.39 is 10.0 Å². The van der Waals surface area contributed by atoms with E-state index in [0.717, 1.165) is 11.1 Å². The van der Waals surface area contributed by atoms with Crippen molar-refractivity contribution >= 4 is 10.0 Å². The summed E-state index contributed by atoms with van der Waals surface area (Å²) in [6, 6.07) is 5.48. The first-order valence-corrected chi connectivity index (χ1v) is 9.14. The third-order valence-electron chi connectivity index (χ3n) is 4.13. The van der Waals surface area contributed by atoms with Gasteiger partial charge in [0.15, 0.2) is 5.82 Å². The summed E-state index contributed by atoms with van der Waals surface area (Å²) in [7, 11) is -3.46. The first-order chi connectivity index (χ1) is 10.8. The molecule has 6 nitrogen and oxygen atoms in total. The number of hydrogen-bond donors (Lipinski definition) is 0. The van der Waals surface area contributed by atoms with Crippen LogP contribution in [0.15, 0.2) is 27.6 Å². The van der Waals surface area contributed by atoms with Crippen LogP contribution in [0.3, 0.4) is 0 Å². The highest BCUT2D eigenvalue weighted by molar-refractivity contribution is 7.89. The van der Waals surface area contributed by atoms with E-state index in [1.807, 2.05) is 39.8 Å². The van der Waals surface area contributed by atoms with Crippen molar-refractivity contribution in [2.45, 2.75) is 44.4 Å². The van der Waals surface area contributed by atoms with Gasteiger partial charge in [-0.05, 0) is 31.0 Å². The van der Waals surface area contributed by atoms with Crippen LogP contribution >= 0.6 is 0 Å². The number of aryl methyl sites for hydroxylation is 2. The summed E-state index contributed by atoms with van der Waals surface area (Å²) in [5, 5.41) is 3.94. The van der Waals surface area contributed by atoms with E-state index in [4.69, 9.17) is 4.52 Å². The lowest BCUT2D eigenvalue weighted by Gasteiger charge is -2.36. The van der Waals surface area contributed by atoms with Gasteiger partial charge in [-0.3, -0.25) is 0 Å². The molecule has 1 aromatic heterocycles. The van der Waals surface area contributed by atoms with Crippen molar-refractivity contribution in [3.8, 4) is 0 Å². The smallest absolute Gasteiger partial charge is 0.243 e. The van der Waals surface area contributed by atoms with Crippen molar-refractivity contribution in [1.29, 1.82) is 0 Å². The zero-order chi connectivity index (χ0) is 16.8. The van der Waals surface area contributed by atoms with Gasteiger partial charge in [0.25, 0.3) is 0 Å². The molecule has 1 aliphatic heterocycles. The summed E-state index contributed by atoms with van der Waals surface area (Å²) in [5.41, 5.74) is 1.70. The molecule has 0 atom stereocenters. The maximum absolute atomic E-state index is 12.7. The van der Waals surface area contributed by atoms with Crippen molar-refractivity contribution in [2.75, 3.05) is 13.1 Å². The quantitative estimate of drug-likeness (QED) is 0.858. The lowest BCUT2D eigenvalue weighted by atomic mass is 10.0. The fourth-order valence-electron chi connectivity index (χ4n) is 2.56. The van der Waals surface area contributed by atoms with Gasteiger partial charge in [-0.15, -0.1) is 0 Å². The molecule has 2 heterocycles. The molecule has 0 N–H and O–H groups in total. The van der Waals surface area contributed by atoms with Crippen LogP contribution in [0.1, 0.15) is 48.5 Å². The molecule has 23 heavy (non-hydrogen) atoms. The molecule has 0 unspecified atom stereocenters. The first-order valence-electron chi connectivity index (χ1n) is 7.70. The Labute approximate surface area is 136 Å². The highest BCUT2D eigenvalue weighted by atomic mass is 32.2. The summed E-state index contributed by atoms with van der Waals surface area (Å²) in [5.74, 6) is 1.37. The molecular formula is C16H21N3O3S. The Morgan fingerprint density at radius 1 is 1.26 bits per heavy atom. The maximum Gasteiger partial charge on any atom is 0.243 e. The molecule has 1 saturated heterocycles. The first kappa shape index (κ1) is 16.1. The van der Waals surface area contributed by atoms with Crippen molar-refractivity contribution in [3.63, 3.8) is 0 Å². The average molecular weight is 335 g/mol. The Hall–Kier alpha value is -1.73. The number of nitrogens with zero attached hydrogens (tertiary/aromatic N) is 3. The van der Waals surface area contributed by atoms with Gasteiger partial charge < -0.3 is 4.52 Å². The second-order valence-electron chi connectivity index (χ2n) is 6.43. The number of benzene rings is 1. The van der Waals surface area contributed by atoms with Crippen LogP contribution in [-0.4, -0.2) is 36.0 Å². The van der Waals surface area contributed by atoms with E-state index in [-0.39, 0.29) is 11.8 Å². The van der Waals surface area contributed by atoms with E-state index in [1.165, 1.54) is 4.31 Å². The Morgan fingerprint density at radius 2 is 1.96 bits per heavy atom. The zero-order valence-corrected chi connectivity index (χ0v) is 14.6. The molecule has 0 saturated carbocycles. The monoisotopic (exact) mass is 335 g/mol. The normalized spacial score (nSPS) is 16.7. The molecule has 0 spiro atoms. The molecule has 2 aromatic rings. The van der Waals surface area contributed by atoms with Gasteiger partial charge in [-0.25, -0.2) is 8.42 Å². The number of aromatic nitrogens is 2. The minimum Gasteiger partial charge on any atom is -0.339 e. The summed E-state index contributed by atoms with van der Waals surface area (Å²) in [6.45, 7) is 8.46. The van der Waals surface area contributed by atoms with Crippen LogP contribution in [0.25, 0.3) is 0 Å². The fourth-order valence-corrected chi connectivity index (χ4v) is 4.40. The van der Waals surface area contributed by atoms with Crippen LogP contribution < -0.4 is 0 Å². The maximum atomic E-state index is 12.7. The Balaban J connectivity index is 1.76. The molecule has 0 amide bonds. The van der Waals surface area contributed by atoms with Crippen LogP contribution in [0, 0.1) is 13.8 Å². The molecule has 3 rings (SSSR count). The summed E-state index contributed by atoms with van der Waals surface area (Å²) in [6.07, 6.45) is 0. The van der Waals surface area contributed by atoms with E-state index in [1.54, 1.807) is 6.07 Å². The SMILES string of the molecule is Cc1ccc(C)c(S(=O)(=O)N2CC(c3nc(C(C)C)no3)C2)c1. The molecule has 0 aliphatic carbocycles.